The van der Waals surface area contributed by atoms with Gasteiger partial charge in [0.2, 0.25) is 0 Å². The summed E-state index contributed by atoms with van der Waals surface area (Å²) in [5.41, 5.74) is 0.772. The lowest BCUT2D eigenvalue weighted by molar-refractivity contribution is -0.163. The van der Waals surface area contributed by atoms with Gasteiger partial charge < -0.3 is 9.84 Å². The number of nitrogens with zero attached hydrogens (tertiary/aromatic N) is 2. The zero-order chi connectivity index (χ0) is 12.6. The summed E-state index contributed by atoms with van der Waals surface area (Å²) in [7, 11) is 0. The third-order valence-corrected chi connectivity index (χ3v) is 4.04. The van der Waals surface area contributed by atoms with Crippen LogP contribution in [-0.2, 0) is 14.9 Å². The van der Waals surface area contributed by atoms with Crippen molar-refractivity contribution in [2.75, 3.05) is 13.2 Å². The predicted octanol–water partition coefficient (Wildman–Crippen LogP) is 1.56. The number of rotatable bonds is 3. The van der Waals surface area contributed by atoms with Gasteiger partial charge in [-0.3, -0.25) is 9.78 Å². The SMILES string of the molecule is O=C(O)C1(c2nc(-c3ccncc3)cs2)COC1. The van der Waals surface area contributed by atoms with Crippen LogP contribution in [0.3, 0.4) is 0 Å². The summed E-state index contributed by atoms with van der Waals surface area (Å²) in [4.78, 5) is 19.7. The first kappa shape index (κ1) is 11.3. The third kappa shape index (κ3) is 1.61. The molecule has 0 spiro atoms. The van der Waals surface area contributed by atoms with E-state index in [1.807, 2.05) is 17.5 Å². The molecule has 0 unspecified atom stereocenters. The average molecular weight is 262 g/mol. The lowest BCUT2D eigenvalue weighted by Gasteiger charge is -2.35. The third-order valence-electron chi connectivity index (χ3n) is 3.00. The number of carboxylic acids is 1. The topological polar surface area (TPSA) is 72.3 Å². The Balaban J connectivity index is 1.97. The van der Waals surface area contributed by atoms with Crippen LogP contribution in [0.2, 0.25) is 0 Å². The van der Waals surface area contributed by atoms with Crippen molar-refractivity contribution in [3.63, 3.8) is 0 Å². The van der Waals surface area contributed by atoms with Crippen molar-refractivity contribution in [1.29, 1.82) is 0 Å². The maximum absolute atomic E-state index is 11.3. The zero-order valence-corrected chi connectivity index (χ0v) is 10.2. The van der Waals surface area contributed by atoms with E-state index in [1.54, 1.807) is 12.4 Å². The molecule has 3 rings (SSSR count). The first-order chi connectivity index (χ1) is 8.72. The average Bonchev–Trinajstić information content (AvgIpc) is 2.78. The molecule has 6 heteroatoms. The van der Waals surface area contributed by atoms with Crippen LogP contribution in [0.5, 0.6) is 0 Å². The van der Waals surface area contributed by atoms with Crippen molar-refractivity contribution in [1.82, 2.24) is 9.97 Å². The summed E-state index contributed by atoms with van der Waals surface area (Å²) in [5.74, 6) is -0.871. The highest BCUT2D eigenvalue weighted by Crippen LogP contribution is 2.36. The van der Waals surface area contributed by atoms with Crippen molar-refractivity contribution in [3.05, 3.63) is 34.9 Å². The van der Waals surface area contributed by atoms with Crippen LogP contribution < -0.4 is 0 Å². The van der Waals surface area contributed by atoms with Crippen molar-refractivity contribution in [3.8, 4) is 11.3 Å². The number of carbonyl (C=O) groups is 1. The highest BCUT2D eigenvalue weighted by Gasteiger charge is 2.50. The van der Waals surface area contributed by atoms with Gasteiger partial charge in [-0.25, -0.2) is 4.98 Å². The first-order valence-electron chi connectivity index (χ1n) is 5.40. The molecule has 0 radical (unpaired) electrons. The molecule has 2 aromatic rings. The summed E-state index contributed by atoms with van der Waals surface area (Å²) >= 11 is 1.36. The second-order valence-corrected chi connectivity index (χ2v) is 5.01. The maximum Gasteiger partial charge on any atom is 0.321 e. The Labute approximate surface area is 107 Å². The number of ether oxygens (including phenoxy) is 1. The molecule has 0 saturated carbocycles. The van der Waals surface area contributed by atoms with Gasteiger partial charge >= 0.3 is 5.97 Å². The summed E-state index contributed by atoms with van der Waals surface area (Å²) in [5, 5.41) is 11.8. The van der Waals surface area contributed by atoms with Gasteiger partial charge in [0.05, 0.1) is 18.9 Å². The van der Waals surface area contributed by atoms with Gasteiger partial charge in [0.15, 0.2) is 5.41 Å². The van der Waals surface area contributed by atoms with Crippen LogP contribution in [0.4, 0.5) is 0 Å². The quantitative estimate of drug-likeness (QED) is 0.908. The van der Waals surface area contributed by atoms with Gasteiger partial charge in [-0.15, -0.1) is 11.3 Å². The molecule has 1 aliphatic heterocycles. The molecule has 0 amide bonds. The number of hydrogen-bond donors (Lipinski definition) is 1. The van der Waals surface area contributed by atoms with Crippen molar-refractivity contribution < 1.29 is 14.6 Å². The molecular formula is C12H10N2O3S. The smallest absolute Gasteiger partial charge is 0.321 e. The molecule has 1 N–H and O–H groups in total. The van der Waals surface area contributed by atoms with Gasteiger partial charge in [-0.05, 0) is 12.1 Å². The molecular weight excluding hydrogens is 252 g/mol. The van der Waals surface area contributed by atoms with Crippen LogP contribution in [-0.4, -0.2) is 34.3 Å². The Morgan fingerprint density at radius 3 is 2.67 bits per heavy atom. The van der Waals surface area contributed by atoms with E-state index in [0.29, 0.717) is 5.01 Å². The minimum atomic E-state index is -0.948. The van der Waals surface area contributed by atoms with Gasteiger partial charge in [0.1, 0.15) is 5.01 Å². The molecule has 1 aliphatic rings. The molecule has 0 aromatic carbocycles. The zero-order valence-electron chi connectivity index (χ0n) is 9.37. The predicted molar refractivity (Wildman–Crippen MR) is 65.5 cm³/mol. The van der Waals surface area contributed by atoms with E-state index in [9.17, 15) is 9.90 Å². The standard InChI is InChI=1S/C12H10N2O3S/c15-11(16)12(6-17-7-12)10-14-9(5-18-10)8-1-3-13-4-2-8/h1-5H,6-7H2,(H,15,16). The molecule has 0 aliphatic carbocycles. The van der Waals surface area contributed by atoms with E-state index in [-0.39, 0.29) is 13.2 Å². The van der Waals surface area contributed by atoms with Crippen LogP contribution >= 0.6 is 11.3 Å². The van der Waals surface area contributed by atoms with E-state index in [4.69, 9.17) is 4.74 Å². The largest absolute Gasteiger partial charge is 0.480 e. The van der Waals surface area contributed by atoms with Crippen molar-refractivity contribution in [2.24, 2.45) is 0 Å². The molecule has 0 atom stereocenters. The van der Waals surface area contributed by atoms with Gasteiger partial charge in [-0.2, -0.15) is 0 Å². The molecule has 1 fully saturated rings. The van der Waals surface area contributed by atoms with Gasteiger partial charge in [0, 0.05) is 23.3 Å². The Hall–Kier alpha value is -1.79. The Kier molecular flexibility index (Phi) is 2.61. The highest BCUT2D eigenvalue weighted by molar-refractivity contribution is 7.10. The van der Waals surface area contributed by atoms with Gasteiger partial charge in [0.25, 0.3) is 0 Å². The number of pyridine rings is 1. The Morgan fingerprint density at radius 2 is 2.11 bits per heavy atom. The molecule has 2 aromatic heterocycles. The van der Waals surface area contributed by atoms with Crippen LogP contribution in [0.25, 0.3) is 11.3 Å². The second kappa shape index (κ2) is 4.15. The summed E-state index contributed by atoms with van der Waals surface area (Å²) in [6.07, 6.45) is 3.38. The first-order valence-corrected chi connectivity index (χ1v) is 6.28. The molecule has 0 bridgehead atoms. The van der Waals surface area contributed by atoms with Gasteiger partial charge in [-0.1, -0.05) is 0 Å². The van der Waals surface area contributed by atoms with Crippen LogP contribution in [0.1, 0.15) is 5.01 Å². The minimum absolute atomic E-state index is 0.200. The molecule has 3 heterocycles. The lowest BCUT2D eigenvalue weighted by atomic mass is 9.87. The van der Waals surface area contributed by atoms with Crippen LogP contribution in [0, 0.1) is 0 Å². The fourth-order valence-electron chi connectivity index (χ4n) is 1.79. The number of thiazole rings is 1. The summed E-state index contributed by atoms with van der Waals surface area (Å²) < 4.78 is 5.04. The van der Waals surface area contributed by atoms with E-state index in [1.165, 1.54) is 11.3 Å². The normalized spacial score (nSPS) is 17.1. The van der Waals surface area contributed by atoms with E-state index < -0.39 is 11.4 Å². The maximum atomic E-state index is 11.3. The summed E-state index contributed by atoms with van der Waals surface area (Å²) in [6.45, 7) is 0.400. The van der Waals surface area contributed by atoms with E-state index >= 15 is 0 Å². The number of aromatic nitrogens is 2. The number of carboxylic acid groups (broad SMARTS) is 1. The minimum Gasteiger partial charge on any atom is -0.480 e. The fraction of sp³-hybridized carbons (Fsp3) is 0.250. The van der Waals surface area contributed by atoms with Crippen LogP contribution in [0.15, 0.2) is 29.9 Å². The lowest BCUT2D eigenvalue weighted by Crippen LogP contribution is -2.53. The summed E-state index contributed by atoms with van der Waals surface area (Å²) in [6, 6.07) is 3.70. The second-order valence-electron chi connectivity index (χ2n) is 4.15. The Morgan fingerprint density at radius 1 is 1.39 bits per heavy atom. The number of aliphatic carboxylic acids is 1. The fourth-order valence-corrected chi connectivity index (χ4v) is 2.79. The molecule has 5 nitrogen and oxygen atoms in total. The van der Waals surface area contributed by atoms with Crippen molar-refractivity contribution >= 4 is 17.3 Å². The van der Waals surface area contributed by atoms with Crippen molar-refractivity contribution in [2.45, 2.75) is 5.41 Å². The molecule has 92 valence electrons. The van der Waals surface area contributed by atoms with E-state index in [0.717, 1.165) is 11.3 Å². The molecule has 18 heavy (non-hydrogen) atoms. The number of hydrogen-bond acceptors (Lipinski definition) is 5. The molecule has 1 saturated heterocycles. The van der Waals surface area contributed by atoms with E-state index in [2.05, 4.69) is 9.97 Å². The monoisotopic (exact) mass is 262 g/mol. The highest BCUT2D eigenvalue weighted by atomic mass is 32.1. The Bertz CT molecular complexity index is 578.